The number of ketones is 1. The van der Waals surface area contributed by atoms with Gasteiger partial charge < -0.3 is 8.80 Å². The Bertz CT molecular complexity index is 3620. The number of aromatic nitrogens is 2. The second-order valence-corrected chi connectivity index (χ2v) is 20.8. The van der Waals surface area contributed by atoms with Crippen LogP contribution in [0.25, 0.3) is 87.0 Å². The van der Waals surface area contributed by atoms with Crippen molar-refractivity contribution in [3.05, 3.63) is 106 Å². The summed E-state index contributed by atoms with van der Waals surface area (Å²) in [5.74, 6) is 1.33. The molecule has 2 fully saturated rings. The molecule has 0 saturated heterocycles. The molecule has 0 atom stereocenters. The molecule has 16 rings (SSSR count). The predicted molar refractivity (Wildman–Crippen MR) is 239 cm³/mol. The van der Waals surface area contributed by atoms with Crippen molar-refractivity contribution in [2.75, 3.05) is 0 Å². The molecule has 10 aromatic rings. The Morgan fingerprint density at radius 1 is 0.621 bits per heavy atom. The summed E-state index contributed by atoms with van der Waals surface area (Å²) in [6.45, 7) is 11.6. The van der Waals surface area contributed by atoms with Crippen LogP contribution in [0.4, 0.5) is 0 Å². The average molecular weight is 752 g/mol. The average Bonchev–Trinajstić information content (AvgIpc) is 3.93. The minimum Gasteiger partial charge on any atom is -0.308 e. The standard InChI is InChI=1S/C54H45N3O/c1-52(2,3)31-20-37-33-22-40-39(51(58)54(5)16-14-53(40,4)15-17-54)25-43(33)56-41-23-34-36-18-29-8-6-7-9-32(29)47-48-44(19-30(26-55)45-27-10-12-28(13-11-27)46(45)48)57(50(36)47)42(34)24-35(41)38(21-31)49(37)56/h6-9,18-25,27-28H,10-17H2,1-5H3. The van der Waals surface area contributed by atoms with E-state index in [1.54, 1.807) is 0 Å². The highest BCUT2D eigenvalue weighted by Gasteiger charge is 2.49. The molecule has 0 unspecified atom stereocenters. The van der Waals surface area contributed by atoms with E-state index in [1.807, 2.05) is 0 Å². The van der Waals surface area contributed by atoms with Gasteiger partial charge >= 0.3 is 0 Å². The van der Waals surface area contributed by atoms with Crippen LogP contribution in [0.15, 0.2) is 72.8 Å². The highest BCUT2D eigenvalue weighted by atomic mass is 16.1. The van der Waals surface area contributed by atoms with Crippen molar-refractivity contribution in [1.29, 1.82) is 5.26 Å². The van der Waals surface area contributed by atoms with E-state index in [1.165, 1.54) is 129 Å². The van der Waals surface area contributed by atoms with Gasteiger partial charge in [-0.05, 0) is 156 Å². The van der Waals surface area contributed by atoms with Crippen LogP contribution in [-0.4, -0.2) is 14.6 Å². The van der Waals surface area contributed by atoms with Gasteiger partial charge in [0, 0.05) is 54.1 Å². The van der Waals surface area contributed by atoms with Crippen LogP contribution in [0.2, 0.25) is 0 Å². The molecule has 4 aromatic heterocycles. The van der Waals surface area contributed by atoms with Crippen LogP contribution in [0.1, 0.15) is 136 Å². The second-order valence-electron chi connectivity index (χ2n) is 20.8. The summed E-state index contributed by atoms with van der Waals surface area (Å²) in [5.41, 5.74) is 14.2. The largest absolute Gasteiger partial charge is 0.308 e. The van der Waals surface area contributed by atoms with Crippen LogP contribution in [0.3, 0.4) is 0 Å². The maximum Gasteiger partial charge on any atom is 0.169 e. The highest BCUT2D eigenvalue weighted by molar-refractivity contribution is 6.34. The number of carbonyl (C=O) groups is 1. The third-order valence-corrected chi connectivity index (χ3v) is 16.7. The Kier molecular flexibility index (Phi) is 5.54. The topological polar surface area (TPSA) is 49.7 Å². The lowest BCUT2D eigenvalue weighted by molar-refractivity contribution is 0.0732. The highest BCUT2D eigenvalue weighted by Crippen LogP contribution is 2.58. The molecule has 6 aliphatic rings. The van der Waals surface area contributed by atoms with Crippen molar-refractivity contribution in [3.8, 4) is 6.07 Å². The Morgan fingerprint density at radius 2 is 1.21 bits per heavy atom. The van der Waals surface area contributed by atoms with Crippen LogP contribution >= 0.6 is 0 Å². The molecular weight excluding hydrogens is 707 g/mol. The van der Waals surface area contributed by atoms with Crippen molar-refractivity contribution < 1.29 is 4.79 Å². The Morgan fingerprint density at radius 3 is 1.88 bits per heavy atom. The third-order valence-electron chi connectivity index (χ3n) is 16.7. The van der Waals surface area contributed by atoms with E-state index in [4.69, 9.17) is 0 Å². The molecule has 0 spiro atoms. The second kappa shape index (κ2) is 9.95. The van der Waals surface area contributed by atoms with E-state index in [9.17, 15) is 10.1 Å². The summed E-state index contributed by atoms with van der Waals surface area (Å²) in [4.78, 5) is 14.6. The molecule has 4 heteroatoms. The summed E-state index contributed by atoms with van der Waals surface area (Å²) in [5, 5.41) is 23.7. The quantitative estimate of drug-likeness (QED) is 0.155. The van der Waals surface area contributed by atoms with Crippen LogP contribution < -0.4 is 0 Å². The number of benzene rings is 6. The van der Waals surface area contributed by atoms with Crippen molar-refractivity contribution in [3.63, 3.8) is 0 Å². The minimum atomic E-state index is -0.291. The van der Waals surface area contributed by atoms with Gasteiger partial charge in [0.2, 0.25) is 0 Å². The third kappa shape index (κ3) is 3.57. The minimum absolute atomic E-state index is 0.0127. The fourth-order valence-electron chi connectivity index (χ4n) is 13.5. The van der Waals surface area contributed by atoms with E-state index < -0.39 is 0 Å². The maximum absolute atomic E-state index is 14.6. The van der Waals surface area contributed by atoms with Gasteiger partial charge in [-0.2, -0.15) is 5.26 Å². The van der Waals surface area contributed by atoms with Crippen LogP contribution in [0, 0.1) is 16.7 Å². The number of nitriles is 1. The summed E-state index contributed by atoms with van der Waals surface area (Å²) in [6.07, 6.45) is 8.89. The molecule has 4 heterocycles. The predicted octanol–water partition coefficient (Wildman–Crippen LogP) is 14.1. The molecule has 58 heavy (non-hydrogen) atoms. The number of rotatable bonds is 0. The zero-order valence-corrected chi connectivity index (χ0v) is 34.0. The van der Waals surface area contributed by atoms with Gasteiger partial charge in [-0.15, -0.1) is 0 Å². The van der Waals surface area contributed by atoms with Gasteiger partial charge in [0.25, 0.3) is 0 Å². The van der Waals surface area contributed by atoms with Gasteiger partial charge in [-0.3, -0.25) is 4.79 Å². The molecule has 2 saturated carbocycles. The number of nitrogens with zero attached hydrogens (tertiary/aromatic N) is 3. The lowest BCUT2D eigenvalue weighted by Gasteiger charge is -2.39. The van der Waals surface area contributed by atoms with Gasteiger partial charge in [0.05, 0.1) is 44.7 Å². The first-order valence-corrected chi connectivity index (χ1v) is 21.8. The van der Waals surface area contributed by atoms with Crippen LogP contribution in [-0.2, 0) is 10.8 Å². The fraction of sp³-hybridized carbons (Fsp3) is 0.333. The number of carbonyl (C=O) groups excluding carboxylic acids is 1. The van der Waals surface area contributed by atoms with Gasteiger partial charge in [0.1, 0.15) is 0 Å². The molecule has 6 aliphatic carbocycles. The molecule has 0 aliphatic heterocycles. The van der Waals surface area contributed by atoms with E-state index >= 15 is 0 Å². The molecule has 282 valence electrons. The van der Waals surface area contributed by atoms with Gasteiger partial charge in [-0.1, -0.05) is 58.9 Å². The zero-order chi connectivity index (χ0) is 38.9. The molecule has 0 N–H and O–H groups in total. The van der Waals surface area contributed by atoms with Crippen LogP contribution in [0.5, 0.6) is 0 Å². The molecule has 4 nitrogen and oxygen atoms in total. The SMILES string of the molecule is CC12CCC(C)(CC1)c1cc3c4cc(C(C)(C)C)cc5c6cc7c(cc6n(c3cc1C2=O)c45)c1cc2ccccc2c2c3c4c(c(C#N)cc3n7c12)C1CCC4CC1. The summed E-state index contributed by atoms with van der Waals surface area (Å²) in [6, 6.07) is 30.9. The maximum atomic E-state index is 14.6. The number of fused-ring (bicyclic) bond motifs is 18. The van der Waals surface area contributed by atoms with E-state index in [0.29, 0.717) is 17.6 Å². The number of hydrogen-bond acceptors (Lipinski definition) is 2. The molecule has 0 amide bonds. The Balaban J connectivity index is 1.19. The monoisotopic (exact) mass is 751 g/mol. The van der Waals surface area contributed by atoms with Gasteiger partial charge in [0.15, 0.2) is 5.78 Å². The van der Waals surface area contributed by atoms with E-state index in [2.05, 4.69) is 122 Å². The molecule has 4 bridgehead atoms. The fourth-order valence-corrected chi connectivity index (χ4v) is 13.5. The summed E-state index contributed by atoms with van der Waals surface area (Å²) >= 11 is 0. The first-order chi connectivity index (χ1) is 28.0. The van der Waals surface area contributed by atoms with E-state index in [0.717, 1.165) is 42.3 Å². The Labute approximate surface area is 336 Å². The zero-order valence-electron chi connectivity index (χ0n) is 34.0. The summed E-state index contributed by atoms with van der Waals surface area (Å²) < 4.78 is 5.05. The van der Waals surface area contributed by atoms with Crippen molar-refractivity contribution >= 4 is 92.7 Å². The molecule has 6 aromatic carbocycles. The summed E-state index contributed by atoms with van der Waals surface area (Å²) in [7, 11) is 0. The lowest BCUT2D eigenvalue weighted by Crippen LogP contribution is -2.33. The lowest BCUT2D eigenvalue weighted by atomic mass is 9.65. The van der Waals surface area contributed by atoms with Crippen molar-refractivity contribution in [1.82, 2.24) is 8.80 Å². The molecular formula is C54H45N3O. The smallest absolute Gasteiger partial charge is 0.169 e. The number of Topliss-reactive ketones (excluding diaryl/α,β-unsaturated/α-hetero) is 1. The van der Waals surface area contributed by atoms with Gasteiger partial charge in [-0.25, -0.2) is 0 Å². The van der Waals surface area contributed by atoms with Crippen molar-refractivity contribution in [2.45, 2.75) is 109 Å². The Hall–Kier alpha value is -5.66. The molecule has 0 radical (unpaired) electrons. The first-order valence-electron chi connectivity index (χ1n) is 21.8. The number of hydrogen-bond donors (Lipinski definition) is 0. The normalized spacial score (nSPS) is 24.6. The van der Waals surface area contributed by atoms with E-state index in [-0.39, 0.29) is 16.2 Å². The van der Waals surface area contributed by atoms with Crippen molar-refractivity contribution in [2.24, 2.45) is 5.41 Å². The first kappa shape index (κ1) is 32.3.